The molecule has 0 saturated carbocycles. The summed E-state index contributed by atoms with van der Waals surface area (Å²) in [6.45, 7) is 7.95. The van der Waals surface area contributed by atoms with Gasteiger partial charge in [0.15, 0.2) is 5.76 Å². The second kappa shape index (κ2) is 7.12. The molecule has 0 saturated heterocycles. The Balaban J connectivity index is 2.98. The maximum atomic E-state index is 12.4. The number of furan rings is 1. The molecule has 1 N–H and O–H groups in total. The molecule has 0 spiro atoms. The Kier molecular flexibility index (Phi) is 5.80. The summed E-state index contributed by atoms with van der Waals surface area (Å²) < 4.78 is 5.58. The van der Waals surface area contributed by atoms with Crippen LogP contribution in [0, 0.1) is 5.92 Å². The molecule has 0 bridgehead atoms. The van der Waals surface area contributed by atoms with Crippen LogP contribution in [-0.2, 0) is 17.6 Å². The molecular weight excluding hydrogens is 258 g/mol. The summed E-state index contributed by atoms with van der Waals surface area (Å²) in [5.41, 5.74) is 1.01. The standard InChI is InChI=1S/C15H23NO4/c1-5-11-7-13(20-12(11)6-2)15(19)16(8-10(3)4)9-14(17)18/h7,10H,5-6,8-9H2,1-4H3,(H,17,18). The van der Waals surface area contributed by atoms with Gasteiger partial charge < -0.3 is 14.4 Å². The third-order valence-corrected chi connectivity index (χ3v) is 3.01. The van der Waals surface area contributed by atoms with Crippen LogP contribution in [0.25, 0.3) is 0 Å². The van der Waals surface area contributed by atoms with Crippen LogP contribution in [-0.4, -0.2) is 35.0 Å². The van der Waals surface area contributed by atoms with Gasteiger partial charge in [0, 0.05) is 13.0 Å². The number of amides is 1. The van der Waals surface area contributed by atoms with Crippen molar-refractivity contribution in [3.05, 3.63) is 23.2 Å². The Morgan fingerprint density at radius 3 is 2.35 bits per heavy atom. The molecule has 0 aliphatic carbocycles. The summed E-state index contributed by atoms with van der Waals surface area (Å²) in [4.78, 5) is 24.6. The Morgan fingerprint density at radius 2 is 1.95 bits per heavy atom. The van der Waals surface area contributed by atoms with E-state index in [1.54, 1.807) is 6.07 Å². The molecule has 0 radical (unpaired) electrons. The van der Waals surface area contributed by atoms with E-state index < -0.39 is 5.97 Å². The van der Waals surface area contributed by atoms with Crippen molar-refractivity contribution >= 4 is 11.9 Å². The van der Waals surface area contributed by atoms with Crippen molar-refractivity contribution in [2.75, 3.05) is 13.1 Å². The van der Waals surface area contributed by atoms with Crippen LogP contribution in [0.1, 0.15) is 49.6 Å². The van der Waals surface area contributed by atoms with Crippen LogP contribution in [0.15, 0.2) is 10.5 Å². The maximum Gasteiger partial charge on any atom is 0.323 e. The summed E-state index contributed by atoms with van der Waals surface area (Å²) >= 11 is 0. The Labute approximate surface area is 119 Å². The van der Waals surface area contributed by atoms with Crippen molar-refractivity contribution in [3.63, 3.8) is 0 Å². The lowest BCUT2D eigenvalue weighted by atomic mass is 10.1. The molecule has 1 rings (SSSR count). The normalized spacial score (nSPS) is 10.8. The number of rotatable bonds is 7. The Hall–Kier alpha value is -1.78. The van der Waals surface area contributed by atoms with E-state index >= 15 is 0 Å². The van der Waals surface area contributed by atoms with Gasteiger partial charge in [-0.2, -0.15) is 0 Å². The average molecular weight is 281 g/mol. The highest BCUT2D eigenvalue weighted by Gasteiger charge is 2.23. The zero-order valence-electron chi connectivity index (χ0n) is 12.6. The van der Waals surface area contributed by atoms with Crippen LogP contribution in [0.4, 0.5) is 0 Å². The van der Waals surface area contributed by atoms with Crippen LogP contribution < -0.4 is 0 Å². The van der Waals surface area contributed by atoms with Gasteiger partial charge in [-0.1, -0.05) is 27.7 Å². The SMILES string of the molecule is CCc1cc(C(=O)N(CC(=O)O)CC(C)C)oc1CC. The van der Waals surface area contributed by atoms with Gasteiger partial charge in [-0.25, -0.2) is 0 Å². The summed E-state index contributed by atoms with van der Waals surface area (Å²) in [5.74, 6) is -0.131. The van der Waals surface area contributed by atoms with E-state index in [0.717, 1.165) is 24.2 Å². The van der Waals surface area contributed by atoms with Gasteiger partial charge in [-0.05, 0) is 24.0 Å². The van der Waals surface area contributed by atoms with Crippen LogP contribution in [0.2, 0.25) is 0 Å². The predicted molar refractivity (Wildman–Crippen MR) is 75.8 cm³/mol. The van der Waals surface area contributed by atoms with E-state index in [1.165, 1.54) is 4.90 Å². The fourth-order valence-corrected chi connectivity index (χ4v) is 2.15. The lowest BCUT2D eigenvalue weighted by molar-refractivity contribution is -0.137. The molecule has 0 aromatic carbocycles. The number of hydrogen-bond donors (Lipinski definition) is 1. The average Bonchev–Trinajstić information content (AvgIpc) is 2.79. The summed E-state index contributed by atoms with van der Waals surface area (Å²) in [5, 5.41) is 8.92. The van der Waals surface area contributed by atoms with Gasteiger partial charge in [0.2, 0.25) is 0 Å². The molecular formula is C15H23NO4. The highest BCUT2D eigenvalue weighted by molar-refractivity contribution is 5.93. The van der Waals surface area contributed by atoms with Crippen LogP contribution in [0.5, 0.6) is 0 Å². The lowest BCUT2D eigenvalue weighted by Crippen LogP contribution is -2.38. The number of hydrogen-bond acceptors (Lipinski definition) is 3. The molecule has 20 heavy (non-hydrogen) atoms. The first-order valence-electron chi connectivity index (χ1n) is 7.01. The first kappa shape index (κ1) is 16.3. The van der Waals surface area contributed by atoms with Gasteiger partial charge >= 0.3 is 5.97 Å². The Bertz CT molecular complexity index is 455. The summed E-state index contributed by atoms with van der Waals surface area (Å²) in [6.07, 6.45) is 1.52. The molecule has 1 aromatic rings. The van der Waals surface area contributed by atoms with E-state index in [4.69, 9.17) is 9.52 Å². The third kappa shape index (κ3) is 4.11. The fraction of sp³-hybridized carbons (Fsp3) is 0.600. The first-order valence-corrected chi connectivity index (χ1v) is 7.01. The van der Waals surface area contributed by atoms with Crippen LogP contribution >= 0.6 is 0 Å². The number of nitrogens with zero attached hydrogens (tertiary/aromatic N) is 1. The molecule has 0 aliphatic rings. The quantitative estimate of drug-likeness (QED) is 0.834. The van der Waals surface area contributed by atoms with Gasteiger partial charge in [0.1, 0.15) is 12.3 Å². The van der Waals surface area contributed by atoms with Crippen molar-refractivity contribution in [1.29, 1.82) is 0 Å². The zero-order valence-corrected chi connectivity index (χ0v) is 12.6. The maximum absolute atomic E-state index is 12.4. The number of carboxylic acid groups (broad SMARTS) is 1. The Morgan fingerprint density at radius 1 is 1.30 bits per heavy atom. The number of aliphatic carboxylic acids is 1. The molecule has 0 atom stereocenters. The van der Waals surface area contributed by atoms with Crippen molar-refractivity contribution < 1.29 is 19.1 Å². The molecule has 1 amide bonds. The van der Waals surface area contributed by atoms with Crippen molar-refractivity contribution in [3.8, 4) is 0 Å². The van der Waals surface area contributed by atoms with Crippen molar-refractivity contribution in [1.82, 2.24) is 4.90 Å². The minimum atomic E-state index is -1.02. The van der Waals surface area contributed by atoms with Crippen LogP contribution in [0.3, 0.4) is 0 Å². The highest BCUT2D eigenvalue weighted by Crippen LogP contribution is 2.19. The van der Waals surface area contributed by atoms with Gasteiger partial charge in [0.25, 0.3) is 5.91 Å². The molecule has 0 unspecified atom stereocenters. The molecule has 0 aliphatic heterocycles. The number of aryl methyl sites for hydroxylation is 2. The number of carboxylic acids is 1. The van der Waals surface area contributed by atoms with Crippen molar-refractivity contribution in [2.24, 2.45) is 5.92 Å². The predicted octanol–water partition coefficient (Wildman–Crippen LogP) is 2.59. The molecule has 1 aromatic heterocycles. The van der Waals surface area contributed by atoms with Gasteiger partial charge in [-0.3, -0.25) is 9.59 Å². The van der Waals surface area contributed by atoms with E-state index in [9.17, 15) is 9.59 Å². The zero-order chi connectivity index (χ0) is 15.3. The van der Waals surface area contributed by atoms with Crippen molar-refractivity contribution in [2.45, 2.75) is 40.5 Å². The fourth-order valence-electron chi connectivity index (χ4n) is 2.15. The second-order valence-electron chi connectivity index (χ2n) is 5.24. The third-order valence-electron chi connectivity index (χ3n) is 3.01. The van der Waals surface area contributed by atoms with E-state index in [2.05, 4.69) is 0 Å². The topological polar surface area (TPSA) is 70.8 Å². The molecule has 112 valence electrons. The molecule has 5 nitrogen and oxygen atoms in total. The summed E-state index contributed by atoms with van der Waals surface area (Å²) in [6, 6.07) is 1.73. The summed E-state index contributed by atoms with van der Waals surface area (Å²) in [7, 11) is 0. The first-order chi connectivity index (χ1) is 9.38. The highest BCUT2D eigenvalue weighted by atomic mass is 16.4. The molecule has 5 heteroatoms. The molecule has 0 fully saturated rings. The number of carbonyl (C=O) groups excluding carboxylic acids is 1. The monoisotopic (exact) mass is 281 g/mol. The molecule has 1 heterocycles. The van der Waals surface area contributed by atoms with E-state index in [-0.39, 0.29) is 24.1 Å². The van der Waals surface area contributed by atoms with E-state index in [1.807, 2.05) is 27.7 Å². The van der Waals surface area contributed by atoms with Gasteiger partial charge in [-0.15, -0.1) is 0 Å². The van der Waals surface area contributed by atoms with E-state index in [0.29, 0.717) is 6.54 Å². The smallest absolute Gasteiger partial charge is 0.323 e. The lowest BCUT2D eigenvalue weighted by Gasteiger charge is -2.21. The minimum Gasteiger partial charge on any atom is -0.480 e. The second-order valence-corrected chi connectivity index (χ2v) is 5.24. The minimum absolute atomic E-state index is 0.199. The largest absolute Gasteiger partial charge is 0.480 e. The van der Waals surface area contributed by atoms with Gasteiger partial charge in [0.05, 0.1) is 0 Å². The number of carbonyl (C=O) groups is 2.